The average molecular weight is 379 g/mol. The monoisotopic (exact) mass is 378 g/mol. The van der Waals surface area contributed by atoms with Crippen LogP contribution in [0.1, 0.15) is 97.8 Å². The molecule has 0 radical (unpaired) electrons. The van der Waals surface area contributed by atoms with E-state index >= 15 is 0 Å². The Kier molecular flexibility index (Phi) is 5.22. The summed E-state index contributed by atoms with van der Waals surface area (Å²) in [7, 11) is 0. The largest absolute Gasteiger partial charge is 0.344 e. The first-order valence-electron chi connectivity index (χ1n) is 11.8. The molecule has 1 unspecified atom stereocenters. The highest BCUT2D eigenvalue weighted by molar-refractivity contribution is 5.09. The van der Waals surface area contributed by atoms with Gasteiger partial charge < -0.3 is 15.3 Å². The summed E-state index contributed by atoms with van der Waals surface area (Å²) < 4.78 is 0. The van der Waals surface area contributed by atoms with E-state index in [-0.39, 0.29) is 6.42 Å². The van der Waals surface area contributed by atoms with Crippen LogP contribution in [0.15, 0.2) is 0 Å². The second kappa shape index (κ2) is 6.99. The summed E-state index contributed by atoms with van der Waals surface area (Å²) in [5.74, 6) is 2.34. The van der Waals surface area contributed by atoms with E-state index in [9.17, 15) is 15.3 Å². The maximum Gasteiger partial charge on any atom is 0.275 e. The Balaban J connectivity index is 1.49. The predicted molar refractivity (Wildman–Crippen MR) is 108 cm³/mol. The normalized spacial score (nSPS) is 48.4. The van der Waals surface area contributed by atoms with Crippen molar-refractivity contribution in [3.8, 4) is 0 Å². The molecule has 4 aliphatic rings. The van der Waals surface area contributed by atoms with Crippen molar-refractivity contribution in [3.05, 3.63) is 0 Å². The Morgan fingerprint density at radius 3 is 2.33 bits per heavy atom. The van der Waals surface area contributed by atoms with Crippen LogP contribution in [-0.2, 0) is 0 Å². The fourth-order valence-electron chi connectivity index (χ4n) is 8.89. The highest BCUT2D eigenvalue weighted by Gasteiger charge is 2.60. The predicted octanol–water partition coefficient (Wildman–Crippen LogP) is 5.08. The summed E-state index contributed by atoms with van der Waals surface area (Å²) in [6, 6.07) is 0. The van der Waals surface area contributed by atoms with Gasteiger partial charge in [0.25, 0.3) is 5.97 Å². The Morgan fingerprint density at radius 2 is 1.59 bits per heavy atom. The molecule has 0 heterocycles. The molecule has 3 N–H and O–H groups in total. The first kappa shape index (κ1) is 20.2. The van der Waals surface area contributed by atoms with Gasteiger partial charge in [0, 0.05) is 6.42 Å². The van der Waals surface area contributed by atoms with Crippen LogP contribution >= 0.6 is 0 Å². The van der Waals surface area contributed by atoms with Crippen molar-refractivity contribution in [1.29, 1.82) is 0 Å². The summed E-state index contributed by atoms with van der Waals surface area (Å²) in [6.07, 6.45) is 15.0. The summed E-state index contributed by atoms with van der Waals surface area (Å²) in [4.78, 5) is 0. The van der Waals surface area contributed by atoms with E-state index < -0.39 is 5.97 Å². The third-order valence-electron chi connectivity index (χ3n) is 10.3. The Hall–Kier alpha value is -0.120. The molecule has 4 rings (SSSR count). The van der Waals surface area contributed by atoms with E-state index in [1.807, 2.05) is 0 Å². The average Bonchev–Trinajstić information content (AvgIpc) is 2.96. The molecule has 8 atom stereocenters. The van der Waals surface area contributed by atoms with Crippen molar-refractivity contribution in [3.63, 3.8) is 0 Å². The van der Waals surface area contributed by atoms with Gasteiger partial charge in [-0.05, 0) is 104 Å². The maximum absolute atomic E-state index is 9.31. The molecule has 0 amide bonds. The molecular formula is C24H42O3. The number of rotatable bonds is 4. The number of hydrogen-bond acceptors (Lipinski definition) is 3. The molecule has 4 aliphatic carbocycles. The zero-order valence-corrected chi connectivity index (χ0v) is 17.8. The van der Waals surface area contributed by atoms with Gasteiger partial charge in [0.1, 0.15) is 0 Å². The van der Waals surface area contributed by atoms with Crippen molar-refractivity contribution in [2.45, 2.75) is 104 Å². The first-order valence-corrected chi connectivity index (χ1v) is 11.8. The van der Waals surface area contributed by atoms with Gasteiger partial charge in [0.05, 0.1) is 0 Å². The zero-order chi connectivity index (χ0) is 19.4. The van der Waals surface area contributed by atoms with Crippen LogP contribution < -0.4 is 0 Å². The fraction of sp³-hybridized carbons (Fsp3) is 1.00. The molecular weight excluding hydrogens is 336 g/mol. The van der Waals surface area contributed by atoms with Crippen LogP contribution in [-0.4, -0.2) is 21.3 Å². The molecule has 156 valence electrons. The van der Waals surface area contributed by atoms with Crippen molar-refractivity contribution >= 4 is 0 Å². The Bertz CT molecular complexity index is 540. The van der Waals surface area contributed by atoms with Gasteiger partial charge in [-0.2, -0.15) is 0 Å². The second-order valence-corrected chi connectivity index (χ2v) is 11.4. The van der Waals surface area contributed by atoms with Gasteiger partial charge in [0.15, 0.2) is 0 Å². The topological polar surface area (TPSA) is 60.7 Å². The number of aliphatic hydroxyl groups is 3. The second-order valence-electron chi connectivity index (χ2n) is 11.4. The molecule has 0 aromatic rings. The summed E-state index contributed by atoms with van der Waals surface area (Å²) in [5.41, 5.74) is 1.03. The molecule has 4 fully saturated rings. The van der Waals surface area contributed by atoms with E-state index in [2.05, 4.69) is 20.8 Å². The van der Waals surface area contributed by atoms with Crippen molar-refractivity contribution < 1.29 is 15.3 Å². The minimum absolute atomic E-state index is 0.0667. The summed E-state index contributed by atoms with van der Waals surface area (Å²) in [6.45, 7) is 7.48. The molecule has 27 heavy (non-hydrogen) atoms. The van der Waals surface area contributed by atoms with Crippen LogP contribution in [0.4, 0.5) is 0 Å². The fourth-order valence-corrected chi connectivity index (χ4v) is 8.89. The van der Waals surface area contributed by atoms with Crippen LogP contribution in [0, 0.1) is 46.3 Å². The van der Waals surface area contributed by atoms with Crippen molar-refractivity contribution in [2.75, 3.05) is 0 Å². The van der Waals surface area contributed by atoms with Crippen LogP contribution in [0.3, 0.4) is 0 Å². The molecule has 4 saturated carbocycles. The van der Waals surface area contributed by atoms with Gasteiger partial charge >= 0.3 is 0 Å². The lowest BCUT2D eigenvalue weighted by atomic mass is 9.44. The Morgan fingerprint density at radius 1 is 0.852 bits per heavy atom. The van der Waals surface area contributed by atoms with E-state index in [4.69, 9.17) is 0 Å². The zero-order valence-electron chi connectivity index (χ0n) is 17.8. The van der Waals surface area contributed by atoms with Gasteiger partial charge in [0.2, 0.25) is 0 Å². The van der Waals surface area contributed by atoms with E-state index in [1.165, 1.54) is 64.2 Å². The van der Waals surface area contributed by atoms with Gasteiger partial charge in [-0.3, -0.25) is 0 Å². The van der Waals surface area contributed by atoms with Crippen molar-refractivity contribution in [1.82, 2.24) is 0 Å². The summed E-state index contributed by atoms with van der Waals surface area (Å²) >= 11 is 0. The quantitative estimate of drug-likeness (QED) is 0.598. The summed E-state index contributed by atoms with van der Waals surface area (Å²) in [5, 5.41) is 27.9. The molecule has 3 nitrogen and oxygen atoms in total. The molecule has 0 aliphatic heterocycles. The molecule has 3 heteroatoms. The molecule has 0 aromatic heterocycles. The smallest absolute Gasteiger partial charge is 0.275 e. The number of fused-ring (bicyclic) bond motifs is 5. The highest BCUT2D eigenvalue weighted by Crippen LogP contribution is 2.68. The third-order valence-corrected chi connectivity index (χ3v) is 10.3. The minimum Gasteiger partial charge on any atom is -0.344 e. The molecule has 0 spiro atoms. The molecule has 0 bridgehead atoms. The standard InChI is InChI=1S/C24H42O3/c1-16(11-15-24(25,26)27)19-9-10-20-18-8-7-17-6-4-5-13-22(17,2)21(18)12-14-23(19,20)3/h16-21,25-27H,4-15H2,1-3H3/t16-,17?,18+,19-,20+,21+,22+,23-/m1/s1. The SMILES string of the molecule is C[C@H](CCC(O)(O)O)[C@H]1CC[C@H]2[C@@H]3CCC4CCCC[C@]4(C)[C@H]3CC[C@]12C. The van der Waals surface area contributed by atoms with Gasteiger partial charge in [-0.25, -0.2) is 0 Å². The molecule has 0 saturated heterocycles. The number of hydrogen-bond donors (Lipinski definition) is 3. The lowest BCUT2D eigenvalue weighted by Crippen LogP contribution is -2.53. The van der Waals surface area contributed by atoms with Crippen LogP contribution in [0.5, 0.6) is 0 Å². The van der Waals surface area contributed by atoms with Gasteiger partial charge in [-0.15, -0.1) is 0 Å². The third kappa shape index (κ3) is 3.40. The Labute approximate surface area is 165 Å². The lowest BCUT2D eigenvalue weighted by molar-refractivity contribution is -0.316. The van der Waals surface area contributed by atoms with Gasteiger partial charge in [-0.1, -0.05) is 33.6 Å². The maximum atomic E-state index is 9.31. The van der Waals surface area contributed by atoms with E-state index in [0.29, 0.717) is 29.1 Å². The first-order chi connectivity index (χ1) is 12.7. The van der Waals surface area contributed by atoms with E-state index in [0.717, 1.165) is 23.7 Å². The highest BCUT2D eigenvalue weighted by atomic mass is 16.7. The van der Waals surface area contributed by atoms with Crippen LogP contribution in [0.2, 0.25) is 0 Å². The molecule has 0 aromatic carbocycles. The lowest BCUT2D eigenvalue weighted by Gasteiger charge is -2.61. The van der Waals surface area contributed by atoms with Crippen LogP contribution in [0.25, 0.3) is 0 Å². The van der Waals surface area contributed by atoms with E-state index in [1.54, 1.807) is 0 Å². The minimum atomic E-state index is -2.50. The van der Waals surface area contributed by atoms with Crippen molar-refractivity contribution in [2.24, 2.45) is 46.3 Å².